The van der Waals surface area contributed by atoms with Crippen molar-refractivity contribution in [1.82, 2.24) is 14.5 Å². The number of carbonyl (C=O) groups is 1. The fourth-order valence-corrected chi connectivity index (χ4v) is 6.42. The molecule has 6 nitrogen and oxygen atoms in total. The first-order valence-corrected chi connectivity index (χ1v) is 10.7. The molecule has 8 heteroatoms. The molecule has 3 heterocycles. The molecule has 0 atom stereocenters. The van der Waals surface area contributed by atoms with Crippen molar-refractivity contribution in [3.8, 4) is 0 Å². The van der Waals surface area contributed by atoms with Crippen LogP contribution in [-0.2, 0) is 14.8 Å². The van der Waals surface area contributed by atoms with Gasteiger partial charge in [-0.1, -0.05) is 0 Å². The van der Waals surface area contributed by atoms with Gasteiger partial charge < -0.3 is 10.2 Å². The predicted molar refractivity (Wildman–Crippen MR) is 94.7 cm³/mol. The predicted octanol–water partition coefficient (Wildman–Crippen LogP) is 1.20. The summed E-state index contributed by atoms with van der Waals surface area (Å²) in [6.45, 7) is 7.30. The summed E-state index contributed by atoms with van der Waals surface area (Å²) in [6, 6.07) is 1.75. The molecule has 2 saturated heterocycles. The van der Waals surface area contributed by atoms with Crippen LogP contribution in [-0.4, -0.2) is 62.8 Å². The molecule has 2 fully saturated rings. The van der Waals surface area contributed by atoms with E-state index in [1.807, 2.05) is 18.7 Å². The lowest BCUT2D eigenvalue weighted by Crippen LogP contribution is -2.52. The minimum Gasteiger partial charge on any atom is -0.340 e. The maximum absolute atomic E-state index is 12.8. The summed E-state index contributed by atoms with van der Waals surface area (Å²) in [5, 5.41) is 3.27. The van der Waals surface area contributed by atoms with Crippen molar-refractivity contribution in [3.05, 3.63) is 15.8 Å². The third-order valence-corrected chi connectivity index (χ3v) is 7.97. The molecule has 1 aromatic heterocycles. The minimum atomic E-state index is -3.45. The van der Waals surface area contributed by atoms with Crippen LogP contribution >= 0.6 is 11.3 Å². The van der Waals surface area contributed by atoms with Crippen molar-refractivity contribution < 1.29 is 13.2 Å². The fourth-order valence-electron chi connectivity index (χ4n) is 3.48. The molecule has 134 valence electrons. The normalized spacial score (nSPS) is 21.2. The summed E-state index contributed by atoms with van der Waals surface area (Å²) in [6.07, 6.45) is 1.76. The van der Waals surface area contributed by atoms with E-state index < -0.39 is 10.0 Å². The van der Waals surface area contributed by atoms with Crippen molar-refractivity contribution in [2.75, 3.05) is 39.3 Å². The van der Waals surface area contributed by atoms with E-state index in [9.17, 15) is 13.2 Å². The maximum atomic E-state index is 12.8. The molecule has 24 heavy (non-hydrogen) atoms. The number of nitrogens with one attached hydrogen (secondary N) is 1. The molecule has 0 unspecified atom stereocenters. The zero-order valence-electron chi connectivity index (χ0n) is 14.2. The van der Waals surface area contributed by atoms with Crippen LogP contribution in [0.2, 0.25) is 0 Å². The molecule has 0 spiro atoms. The average Bonchev–Trinajstić information content (AvgIpc) is 2.94. The Morgan fingerprint density at radius 1 is 1.17 bits per heavy atom. The van der Waals surface area contributed by atoms with E-state index in [1.54, 1.807) is 6.07 Å². The van der Waals surface area contributed by atoms with Crippen LogP contribution in [0.25, 0.3) is 0 Å². The van der Waals surface area contributed by atoms with Gasteiger partial charge in [-0.15, -0.1) is 11.3 Å². The molecular weight excluding hydrogens is 346 g/mol. The van der Waals surface area contributed by atoms with Crippen LogP contribution in [0, 0.1) is 19.8 Å². The number of thiophene rings is 1. The van der Waals surface area contributed by atoms with Gasteiger partial charge in [0.05, 0.1) is 4.90 Å². The number of amides is 1. The molecule has 0 bridgehead atoms. The molecule has 0 saturated carbocycles. The van der Waals surface area contributed by atoms with Crippen molar-refractivity contribution >= 4 is 27.3 Å². The van der Waals surface area contributed by atoms with Crippen LogP contribution < -0.4 is 5.32 Å². The summed E-state index contributed by atoms with van der Waals surface area (Å²) in [7, 11) is -3.45. The first kappa shape index (κ1) is 17.8. The number of piperidine rings is 1. The highest BCUT2D eigenvalue weighted by Gasteiger charge is 2.33. The van der Waals surface area contributed by atoms with Crippen molar-refractivity contribution in [3.63, 3.8) is 0 Å². The number of rotatable bonds is 3. The lowest BCUT2D eigenvalue weighted by Gasteiger charge is -2.36. The Hall–Kier alpha value is -0.960. The zero-order valence-corrected chi connectivity index (χ0v) is 15.9. The van der Waals surface area contributed by atoms with Crippen molar-refractivity contribution in [2.45, 2.75) is 31.6 Å². The van der Waals surface area contributed by atoms with Gasteiger partial charge in [-0.05, 0) is 45.8 Å². The maximum Gasteiger partial charge on any atom is 0.244 e. The highest BCUT2D eigenvalue weighted by Crippen LogP contribution is 2.28. The third-order valence-electron chi connectivity index (χ3n) is 4.85. The van der Waals surface area contributed by atoms with E-state index in [0.717, 1.165) is 35.7 Å². The number of aryl methyl sites for hydroxylation is 2. The molecular formula is C16H25N3O3S2. The fraction of sp³-hybridized carbons (Fsp3) is 0.688. The van der Waals surface area contributed by atoms with Gasteiger partial charge in [-0.2, -0.15) is 4.31 Å². The van der Waals surface area contributed by atoms with Crippen molar-refractivity contribution in [1.29, 1.82) is 0 Å². The molecule has 1 N–H and O–H groups in total. The van der Waals surface area contributed by atoms with Gasteiger partial charge in [0.15, 0.2) is 0 Å². The molecule has 1 amide bonds. The summed E-state index contributed by atoms with van der Waals surface area (Å²) in [5.41, 5.74) is 0. The second kappa shape index (κ2) is 7.11. The topological polar surface area (TPSA) is 69.7 Å². The van der Waals surface area contributed by atoms with Gasteiger partial charge in [0.25, 0.3) is 0 Å². The standard InChI is InChI=1S/C16H25N3O3S2/c1-12-11-15(13(2)23-12)24(21,22)19-9-7-18(8-10-19)16(20)14-3-5-17-6-4-14/h11,14,17H,3-10H2,1-2H3. The Kier molecular flexibility index (Phi) is 5.29. The minimum absolute atomic E-state index is 0.0937. The van der Waals surface area contributed by atoms with E-state index in [1.165, 1.54) is 15.6 Å². The number of nitrogens with zero attached hydrogens (tertiary/aromatic N) is 2. The van der Waals surface area contributed by atoms with E-state index in [-0.39, 0.29) is 11.8 Å². The molecule has 2 aliphatic heterocycles. The molecule has 1 aromatic rings. The Morgan fingerprint density at radius 3 is 2.33 bits per heavy atom. The van der Waals surface area contributed by atoms with Crippen LogP contribution in [0.4, 0.5) is 0 Å². The quantitative estimate of drug-likeness (QED) is 0.867. The van der Waals surface area contributed by atoms with Gasteiger partial charge in [0, 0.05) is 41.9 Å². The van der Waals surface area contributed by atoms with Crippen LogP contribution in [0.15, 0.2) is 11.0 Å². The van der Waals surface area contributed by atoms with E-state index >= 15 is 0 Å². The van der Waals surface area contributed by atoms with Crippen LogP contribution in [0.3, 0.4) is 0 Å². The average molecular weight is 372 g/mol. The highest BCUT2D eigenvalue weighted by molar-refractivity contribution is 7.89. The Balaban J connectivity index is 1.64. The largest absolute Gasteiger partial charge is 0.340 e. The third kappa shape index (κ3) is 3.51. The summed E-state index contributed by atoms with van der Waals surface area (Å²) < 4.78 is 27.2. The van der Waals surface area contributed by atoms with Crippen molar-refractivity contribution in [2.24, 2.45) is 5.92 Å². The van der Waals surface area contributed by atoms with E-state index in [2.05, 4.69) is 5.32 Å². The van der Waals surface area contributed by atoms with Crippen LogP contribution in [0.5, 0.6) is 0 Å². The molecule has 0 aromatic carbocycles. The van der Waals surface area contributed by atoms with E-state index in [4.69, 9.17) is 0 Å². The number of hydrogen-bond donors (Lipinski definition) is 1. The zero-order chi connectivity index (χ0) is 17.3. The number of piperazine rings is 1. The smallest absolute Gasteiger partial charge is 0.244 e. The second-order valence-electron chi connectivity index (χ2n) is 6.53. The number of hydrogen-bond acceptors (Lipinski definition) is 5. The number of sulfonamides is 1. The molecule has 3 rings (SSSR count). The van der Waals surface area contributed by atoms with Crippen LogP contribution in [0.1, 0.15) is 22.6 Å². The monoisotopic (exact) mass is 371 g/mol. The van der Waals surface area contributed by atoms with Gasteiger partial charge in [-0.25, -0.2) is 8.42 Å². The van der Waals surface area contributed by atoms with Gasteiger partial charge in [-0.3, -0.25) is 4.79 Å². The summed E-state index contributed by atoms with van der Waals surface area (Å²) >= 11 is 1.51. The highest BCUT2D eigenvalue weighted by atomic mass is 32.2. The molecule has 2 aliphatic rings. The first-order chi connectivity index (χ1) is 11.4. The summed E-state index contributed by atoms with van der Waals surface area (Å²) in [5.74, 6) is 0.285. The first-order valence-electron chi connectivity index (χ1n) is 8.46. The lowest BCUT2D eigenvalue weighted by atomic mass is 9.96. The Labute approximate surface area is 147 Å². The molecule has 0 radical (unpaired) electrons. The van der Waals surface area contributed by atoms with Gasteiger partial charge >= 0.3 is 0 Å². The lowest BCUT2D eigenvalue weighted by molar-refractivity contribution is -0.137. The number of carbonyl (C=O) groups excluding carboxylic acids is 1. The SMILES string of the molecule is Cc1cc(S(=O)(=O)N2CCN(C(=O)C3CCNCC3)CC2)c(C)s1. The second-order valence-corrected chi connectivity index (χ2v) is 9.90. The van der Waals surface area contributed by atoms with Gasteiger partial charge in [0.2, 0.25) is 15.9 Å². The Morgan fingerprint density at radius 2 is 1.79 bits per heavy atom. The van der Waals surface area contributed by atoms with E-state index in [0.29, 0.717) is 31.1 Å². The summed E-state index contributed by atoms with van der Waals surface area (Å²) in [4.78, 5) is 16.7. The van der Waals surface area contributed by atoms with Gasteiger partial charge in [0.1, 0.15) is 0 Å². The Bertz CT molecular complexity index is 700. The molecule has 0 aliphatic carbocycles.